The lowest BCUT2D eigenvalue weighted by molar-refractivity contribution is 0.627. The second-order valence-corrected chi connectivity index (χ2v) is 5.68. The maximum absolute atomic E-state index is 13.2. The highest BCUT2D eigenvalue weighted by atomic mass is 32.2. The fraction of sp³-hybridized carbons (Fsp3) is 0.0556. The summed E-state index contributed by atoms with van der Waals surface area (Å²) in [6, 6.07) is 14.8. The van der Waals surface area contributed by atoms with Crippen LogP contribution in [-0.2, 0) is 0 Å². The van der Waals surface area contributed by atoms with Crippen LogP contribution in [0.2, 0.25) is 0 Å². The fourth-order valence-corrected chi connectivity index (χ4v) is 2.85. The molecule has 0 unspecified atom stereocenters. The Balaban J connectivity index is 2.39. The molecule has 4 nitrogen and oxygen atoms in total. The molecule has 0 spiro atoms. The normalized spacial score (nSPS) is 10.4. The third-order valence-electron chi connectivity index (χ3n) is 3.45. The molecule has 1 aromatic heterocycles. The third-order valence-corrected chi connectivity index (χ3v) is 4.12. The van der Waals surface area contributed by atoms with Gasteiger partial charge < -0.3 is 0 Å². The summed E-state index contributed by atoms with van der Waals surface area (Å²) in [5, 5.41) is 0.382. The molecule has 2 aromatic carbocycles. The molecule has 0 N–H and O–H groups in total. The van der Waals surface area contributed by atoms with Crippen LogP contribution in [0.15, 0.2) is 64.4 Å². The van der Waals surface area contributed by atoms with E-state index in [2.05, 4.69) is 9.83 Å². The molecule has 0 aliphatic carbocycles. The summed E-state index contributed by atoms with van der Waals surface area (Å²) in [7, 11) is 0. The smallest absolute Gasteiger partial charge is 0.282 e. The number of aromatic nitrogens is 2. The molecular weight excluding hydrogens is 325 g/mol. The summed E-state index contributed by atoms with van der Waals surface area (Å²) < 4.78 is 14.6. The molecule has 24 heavy (non-hydrogen) atoms. The van der Waals surface area contributed by atoms with Gasteiger partial charge in [-0.25, -0.2) is 14.2 Å². The van der Waals surface area contributed by atoms with Crippen molar-refractivity contribution in [2.45, 2.75) is 5.03 Å². The minimum Gasteiger partial charge on any atom is -0.282 e. The quantitative estimate of drug-likeness (QED) is 0.406. The van der Waals surface area contributed by atoms with E-state index in [-0.39, 0.29) is 5.69 Å². The van der Waals surface area contributed by atoms with Gasteiger partial charge in [0.1, 0.15) is 16.7 Å². The average molecular weight is 337 g/mol. The van der Waals surface area contributed by atoms with Gasteiger partial charge in [0.05, 0.1) is 6.57 Å². The number of nitrogens with zero attached hydrogens (tertiary/aromatic N) is 3. The van der Waals surface area contributed by atoms with Crippen LogP contribution in [-0.4, -0.2) is 15.8 Å². The molecule has 0 amide bonds. The Hall–Kier alpha value is -2.91. The lowest BCUT2D eigenvalue weighted by atomic mass is 10.2. The first-order valence-corrected chi connectivity index (χ1v) is 8.28. The lowest BCUT2D eigenvalue weighted by Crippen LogP contribution is -2.22. The standard InChI is InChI=1S/C18H12FN3OS/c1-20-15-17(24-2)21-16(12-6-4-3-5-7-12)22(18(15)23)14-10-8-13(19)9-11-14/h3-11H,2H3. The summed E-state index contributed by atoms with van der Waals surface area (Å²) in [5.41, 5.74) is 0.706. The first kappa shape index (κ1) is 16.0. The Labute approximate surface area is 142 Å². The Bertz CT molecular complexity index is 976. The van der Waals surface area contributed by atoms with Crippen LogP contribution in [0.3, 0.4) is 0 Å². The van der Waals surface area contributed by atoms with Crippen molar-refractivity contribution in [3.63, 3.8) is 0 Å². The minimum absolute atomic E-state index is 0.0356. The highest BCUT2D eigenvalue weighted by Gasteiger charge is 2.18. The van der Waals surface area contributed by atoms with Crippen LogP contribution in [0, 0.1) is 12.4 Å². The molecule has 0 bridgehead atoms. The molecular formula is C18H12FN3OS. The zero-order valence-electron chi connectivity index (χ0n) is 12.7. The van der Waals surface area contributed by atoms with Crippen molar-refractivity contribution < 1.29 is 4.39 Å². The fourth-order valence-electron chi connectivity index (χ4n) is 2.34. The van der Waals surface area contributed by atoms with Crippen molar-refractivity contribution in [3.8, 4) is 17.1 Å². The third kappa shape index (κ3) is 2.82. The number of benzene rings is 2. The molecule has 3 aromatic rings. The average Bonchev–Trinajstić information content (AvgIpc) is 2.62. The molecule has 0 fully saturated rings. The van der Waals surface area contributed by atoms with Crippen molar-refractivity contribution in [2.75, 3.05) is 6.26 Å². The number of hydrogen-bond donors (Lipinski definition) is 0. The highest BCUT2D eigenvalue weighted by molar-refractivity contribution is 7.98. The molecule has 118 valence electrons. The second kappa shape index (κ2) is 6.69. The zero-order valence-corrected chi connectivity index (χ0v) is 13.5. The van der Waals surface area contributed by atoms with E-state index in [0.717, 1.165) is 5.56 Å². The van der Waals surface area contributed by atoms with Crippen LogP contribution in [0.1, 0.15) is 0 Å². The summed E-state index contributed by atoms with van der Waals surface area (Å²) in [4.78, 5) is 20.7. The van der Waals surface area contributed by atoms with Crippen molar-refractivity contribution in [1.82, 2.24) is 9.55 Å². The summed E-state index contributed by atoms with van der Waals surface area (Å²) in [5.74, 6) is 0.0242. The monoisotopic (exact) mass is 337 g/mol. The summed E-state index contributed by atoms with van der Waals surface area (Å²) >= 11 is 1.25. The van der Waals surface area contributed by atoms with Crippen LogP contribution < -0.4 is 5.56 Å². The van der Waals surface area contributed by atoms with E-state index in [1.807, 2.05) is 30.3 Å². The van der Waals surface area contributed by atoms with Gasteiger partial charge in [-0.05, 0) is 30.5 Å². The van der Waals surface area contributed by atoms with E-state index in [1.165, 1.54) is 40.6 Å². The molecule has 1 heterocycles. The van der Waals surface area contributed by atoms with Crippen LogP contribution in [0.25, 0.3) is 21.9 Å². The molecule has 0 aliphatic rings. The number of halogens is 1. The van der Waals surface area contributed by atoms with Gasteiger partial charge in [0.2, 0.25) is 0 Å². The maximum Gasteiger partial charge on any atom is 0.282 e. The molecule has 0 radical (unpaired) electrons. The Morgan fingerprint density at radius 1 is 1.12 bits per heavy atom. The summed E-state index contributed by atoms with van der Waals surface area (Å²) in [6.45, 7) is 7.30. The van der Waals surface area contributed by atoms with E-state index in [9.17, 15) is 9.18 Å². The Morgan fingerprint density at radius 2 is 1.79 bits per heavy atom. The first-order valence-electron chi connectivity index (χ1n) is 7.05. The van der Waals surface area contributed by atoms with Gasteiger partial charge in [0.25, 0.3) is 11.2 Å². The highest BCUT2D eigenvalue weighted by Crippen LogP contribution is 2.28. The molecule has 3 rings (SSSR count). The largest absolute Gasteiger partial charge is 0.282 e. The van der Waals surface area contributed by atoms with Crippen LogP contribution >= 0.6 is 11.8 Å². The van der Waals surface area contributed by atoms with Gasteiger partial charge in [0.15, 0.2) is 0 Å². The SMILES string of the molecule is [C-]#[N+]c1c(SC)nc(-c2ccccc2)n(-c2ccc(F)cc2)c1=O. The second-order valence-electron chi connectivity index (χ2n) is 4.89. The molecule has 0 saturated carbocycles. The van der Waals surface area contributed by atoms with Crippen molar-refractivity contribution in [1.29, 1.82) is 0 Å². The molecule has 6 heteroatoms. The number of thioether (sulfide) groups is 1. The van der Waals surface area contributed by atoms with E-state index in [1.54, 1.807) is 6.26 Å². The van der Waals surface area contributed by atoms with E-state index in [4.69, 9.17) is 6.57 Å². The van der Waals surface area contributed by atoms with Crippen LogP contribution in [0.5, 0.6) is 0 Å². The van der Waals surface area contributed by atoms with Gasteiger partial charge in [-0.3, -0.25) is 9.36 Å². The van der Waals surface area contributed by atoms with Gasteiger partial charge >= 0.3 is 0 Å². The zero-order chi connectivity index (χ0) is 17.1. The minimum atomic E-state index is -0.463. The van der Waals surface area contributed by atoms with E-state index in [0.29, 0.717) is 16.5 Å². The molecule has 0 aliphatic heterocycles. The van der Waals surface area contributed by atoms with Crippen molar-refractivity contribution >= 4 is 17.4 Å². The van der Waals surface area contributed by atoms with Gasteiger partial charge in [-0.15, -0.1) is 11.8 Å². The van der Waals surface area contributed by atoms with Gasteiger partial charge in [-0.2, -0.15) is 0 Å². The van der Waals surface area contributed by atoms with Crippen molar-refractivity contribution in [3.05, 3.63) is 82.2 Å². The van der Waals surface area contributed by atoms with Crippen LogP contribution in [0.4, 0.5) is 10.1 Å². The molecule has 0 saturated heterocycles. The van der Waals surface area contributed by atoms with Crippen molar-refractivity contribution in [2.24, 2.45) is 0 Å². The van der Waals surface area contributed by atoms with E-state index >= 15 is 0 Å². The Kier molecular flexibility index (Phi) is 4.45. The predicted molar refractivity (Wildman–Crippen MR) is 93.3 cm³/mol. The summed E-state index contributed by atoms with van der Waals surface area (Å²) in [6.07, 6.45) is 1.77. The lowest BCUT2D eigenvalue weighted by Gasteiger charge is -2.14. The van der Waals surface area contributed by atoms with E-state index < -0.39 is 11.4 Å². The maximum atomic E-state index is 13.2. The van der Waals surface area contributed by atoms with Gasteiger partial charge in [0, 0.05) is 11.3 Å². The topological polar surface area (TPSA) is 39.2 Å². The predicted octanol–water partition coefficient (Wildman–Crippen LogP) is 4.31. The molecule has 0 atom stereocenters. The Morgan fingerprint density at radius 3 is 2.38 bits per heavy atom. The van der Waals surface area contributed by atoms with Gasteiger partial charge in [-0.1, -0.05) is 30.3 Å². The number of hydrogen-bond acceptors (Lipinski definition) is 3. The number of rotatable bonds is 3. The first-order chi connectivity index (χ1) is 11.7.